The molecule has 104 valence electrons. The SMILES string of the molecule is Cc1cc(N)ccc1NC(=O)CCOCCC1CC1. The van der Waals surface area contributed by atoms with E-state index in [4.69, 9.17) is 10.5 Å². The molecule has 0 radical (unpaired) electrons. The van der Waals surface area contributed by atoms with E-state index in [2.05, 4.69) is 5.32 Å². The summed E-state index contributed by atoms with van der Waals surface area (Å²) < 4.78 is 5.46. The van der Waals surface area contributed by atoms with Crippen molar-refractivity contribution >= 4 is 17.3 Å². The van der Waals surface area contributed by atoms with E-state index in [0.717, 1.165) is 30.2 Å². The summed E-state index contributed by atoms with van der Waals surface area (Å²) in [6.07, 6.45) is 4.23. The Balaban J connectivity index is 1.65. The Morgan fingerprint density at radius 1 is 1.42 bits per heavy atom. The van der Waals surface area contributed by atoms with Crippen LogP contribution in [0.15, 0.2) is 18.2 Å². The van der Waals surface area contributed by atoms with E-state index < -0.39 is 0 Å². The number of hydrogen-bond acceptors (Lipinski definition) is 3. The summed E-state index contributed by atoms with van der Waals surface area (Å²) in [6.45, 7) is 3.20. The molecule has 0 atom stereocenters. The Hall–Kier alpha value is -1.55. The lowest BCUT2D eigenvalue weighted by Gasteiger charge is -2.09. The van der Waals surface area contributed by atoms with Gasteiger partial charge in [0, 0.05) is 18.0 Å². The van der Waals surface area contributed by atoms with E-state index in [-0.39, 0.29) is 5.91 Å². The highest BCUT2D eigenvalue weighted by Crippen LogP contribution is 2.32. The lowest BCUT2D eigenvalue weighted by Crippen LogP contribution is -2.15. The largest absolute Gasteiger partial charge is 0.399 e. The van der Waals surface area contributed by atoms with Gasteiger partial charge in [-0.3, -0.25) is 4.79 Å². The molecular formula is C15H22N2O2. The van der Waals surface area contributed by atoms with Gasteiger partial charge in [0.25, 0.3) is 0 Å². The maximum absolute atomic E-state index is 11.7. The predicted octanol–water partition coefficient (Wildman–Crippen LogP) is 2.72. The van der Waals surface area contributed by atoms with Crippen LogP contribution in [-0.2, 0) is 9.53 Å². The Morgan fingerprint density at radius 3 is 2.89 bits per heavy atom. The number of ether oxygens (including phenoxy) is 1. The Kier molecular flexibility index (Phi) is 4.80. The van der Waals surface area contributed by atoms with Gasteiger partial charge in [0.2, 0.25) is 5.91 Å². The second-order valence-electron chi connectivity index (χ2n) is 5.22. The summed E-state index contributed by atoms with van der Waals surface area (Å²) in [5.41, 5.74) is 8.17. The van der Waals surface area contributed by atoms with Gasteiger partial charge in [-0.25, -0.2) is 0 Å². The van der Waals surface area contributed by atoms with Crippen molar-refractivity contribution in [2.45, 2.75) is 32.6 Å². The van der Waals surface area contributed by atoms with Crippen LogP contribution >= 0.6 is 0 Å². The first-order chi connectivity index (χ1) is 9.15. The monoisotopic (exact) mass is 262 g/mol. The van der Waals surface area contributed by atoms with Crippen LogP contribution in [0.5, 0.6) is 0 Å². The highest BCUT2D eigenvalue weighted by atomic mass is 16.5. The van der Waals surface area contributed by atoms with E-state index in [0.29, 0.717) is 18.7 Å². The number of carbonyl (C=O) groups is 1. The fourth-order valence-corrected chi connectivity index (χ4v) is 1.96. The van der Waals surface area contributed by atoms with Crippen LogP contribution in [0.4, 0.5) is 11.4 Å². The van der Waals surface area contributed by atoms with Crippen LogP contribution in [0.25, 0.3) is 0 Å². The average molecular weight is 262 g/mol. The van der Waals surface area contributed by atoms with Crippen molar-refractivity contribution < 1.29 is 9.53 Å². The molecule has 1 aliphatic rings. The van der Waals surface area contributed by atoms with Crippen molar-refractivity contribution in [3.05, 3.63) is 23.8 Å². The lowest BCUT2D eigenvalue weighted by molar-refractivity contribution is -0.117. The van der Waals surface area contributed by atoms with Gasteiger partial charge in [-0.05, 0) is 43.0 Å². The molecule has 0 aromatic heterocycles. The molecule has 4 heteroatoms. The summed E-state index contributed by atoms with van der Waals surface area (Å²) in [6, 6.07) is 5.47. The van der Waals surface area contributed by atoms with Crippen molar-refractivity contribution in [2.75, 3.05) is 24.3 Å². The number of carbonyl (C=O) groups excluding carboxylic acids is 1. The molecule has 1 aromatic carbocycles. The molecule has 0 aliphatic heterocycles. The number of nitrogens with two attached hydrogens (primary N) is 1. The molecule has 0 bridgehead atoms. The molecule has 1 aromatic rings. The minimum atomic E-state index is -0.0145. The fraction of sp³-hybridized carbons (Fsp3) is 0.533. The lowest BCUT2D eigenvalue weighted by atomic mass is 10.2. The molecule has 1 aliphatic carbocycles. The Bertz CT molecular complexity index is 442. The quantitative estimate of drug-likeness (QED) is 0.586. The first-order valence-corrected chi connectivity index (χ1v) is 6.89. The van der Waals surface area contributed by atoms with Crippen LogP contribution < -0.4 is 11.1 Å². The van der Waals surface area contributed by atoms with E-state index in [1.165, 1.54) is 12.8 Å². The van der Waals surface area contributed by atoms with Crippen molar-refractivity contribution in [3.8, 4) is 0 Å². The number of aryl methyl sites for hydroxylation is 1. The highest BCUT2D eigenvalue weighted by molar-refractivity contribution is 5.91. The zero-order valence-electron chi connectivity index (χ0n) is 11.4. The average Bonchev–Trinajstić information content (AvgIpc) is 3.16. The minimum Gasteiger partial charge on any atom is -0.399 e. The van der Waals surface area contributed by atoms with Crippen molar-refractivity contribution in [2.24, 2.45) is 5.92 Å². The van der Waals surface area contributed by atoms with Crippen molar-refractivity contribution in [1.29, 1.82) is 0 Å². The molecular weight excluding hydrogens is 240 g/mol. The molecule has 4 nitrogen and oxygen atoms in total. The van der Waals surface area contributed by atoms with E-state index >= 15 is 0 Å². The first-order valence-electron chi connectivity index (χ1n) is 6.89. The molecule has 1 fully saturated rings. The maximum Gasteiger partial charge on any atom is 0.226 e. The van der Waals surface area contributed by atoms with E-state index in [9.17, 15) is 4.79 Å². The summed E-state index contributed by atoms with van der Waals surface area (Å²) in [4.78, 5) is 11.7. The molecule has 0 unspecified atom stereocenters. The third-order valence-electron chi connectivity index (χ3n) is 3.37. The van der Waals surface area contributed by atoms with Crippen LogP contribution in [0.2, 0.25) is 0 Å². The van der Waals surface area contributed by atoms with Gasteiger partial charge in [0.05, 0.1) is 13.0 Å². The minimum absolute atomic E-state index is 0.0145. The molecule has 1 saturated carbocycles. The van der Waals surface area contributed by atoms with Gasteiger partial charge >= 0.3 is 0 Å². The fourth-order valence-electron chi connectivity index (χ4n) is 1.96. The zero-order valence-corrected chi connectivity index (χ0v) is 11.4. The van der Waals surface area contributed by atoms with Gasteiger partial charge < -0.3 is 15.8 Å². The number of nitrogen functional groups attached to an aromatic ring is 1. The predicted molar refractivity (Wildman–Crippen MR) is 77.0 cm³/mol. The molecule has 19 heavy (non-hydrogen) atoms. The smallest absolute Gasteiger partial charge is 0.226 e. The Morgan fingerprint density at radius 2 is 2.21 bits per heavy atom. The number of benzene rings is 1. The van der Waals surface area contributed by atoms with Gasteiger partial charge in [-0.15, -0.1) is 0 Å². The van der Waals surface area contributed by atoms with Crippen LogP contribution in [-0.4, -0.2) is 19.1 Å². The number of hydrogen-bond donors (Lipinski definition) is 2. The van der Waals surface area contributed by atoms with Gasteiger partial charge in [-0.1, -0.05) is 12.8 Å². The van der Waals surface area contributed by atoms with Gasteiger partial charge in [-0.2, -0.15) is 0 Å². The molecule has 0 spiro atoms. The normalized spacial score (nSPS) is 14.4. The summed E-state index contributed by atoms with van der Waals surface area (Å²) in [7, 11) is 0. The summed E-state index contributed by atoms with van der Waals surface area (Å²) in [5, 5.41) is 2.87. The van der Waals surface area contributed by atoms with E-state index in [1.54, 1.807) is 6.07 Å². The van der Waals surface area contributed by atoms with Crippen molar-refractivity contribution in [1.82, 2.24) is 0 Å². The third-order valence-corrected chi connectivity index (χ3v) is 3.37. The molecule has 2 rings (SSSR count). The second-order valence-corrected chi connectivity index (χ2v) is 5.22. The summed E-state index contributed by atoms with van der Waals surface area (Å²) >= 11 is 0. The van der Waals surface area contributed by atoms with Gasteiger partial charge in [0.15, 0.2) is 0 Å². The maximum atomic E-state index is 11.7. The molecule has 3 N–H and O–H groups in total. The van der Waals surface area contributed by atoms with Crippen molar-refractivity contribution in [3.63, 3.8) is 0 Å². The van der Waals surface area contributed by atoms with Gasteiger partial charge in [0.1, 0.15) is 0 Å². The number of amides is 1. The molecule has 0 heterocycles. The number of nitrogens with one attached hydrogen (secondary N) is 1. The van der Waals surface area contributed by atoms with E-state index in [1.807, 2.05) is 19.1 Å². The highest BCUT2D eigenvalue weighted by Gasteiger charge is 2.20. The first kappa shape index (κ1) is 13.9. The third kappa shape index (κ3) is 4.91. The van der Waals surface area contributed by atoms with Crippen LogP contribution in [0.1, 0.15) is 31.2 Å². The van der Waals surface area contributed by atoms with Crippen LogP contribution in [0.3, 0.4) is 0 Å². The second kappa shape index (κ2) is 6.57. The Labute approximate surface area is 114 Å². The number of anilines is 2. The zero-order chi connectivity index (χ0) is 13.7. The van der Waals surface area contributed by atoms with Crippen LogP contribution in [0, 0.1) is 12.8 Å². The topological polar surface area (TPSA) is 64.3 Å². The molecule has 0 saturated heterocycles. The standard InChI is InChI=1S/C15H22N2O2/c1-11-10-13(16)4-5-14(11)17-15(18)7-9-19-8-6-12-2-3-12/h4-5,10,12H,2-3,6-9,16H2,1H3,(H,17,18). The molecule has 1 amide bonds. The summed E-state index contributed by atoms with van der Waals surface area (Å²) in [5.74, 6) is 0.866. The number of rotatable bonds is 7.